The van der Waals surface area contributed by atoms with Crippen LogP contribution in [0, 0.1) is 0 Å². The number of nitrogens with zero attached hydrogens (tertiary/aromatic N) is 2. The van der Waals surface area contributed by atoms with Gasteiger partial charge < -0.3 is 0 Å². The Morgan fingerprint density at radius 1 is 0.271 bits per heavy atom. The molecule has 0 aliphatic carbocycles. The van der Waals surface area contributed by atoms with Crippen molar-refractivity contribution >= 4 is 64.6 Å². The van der Waals surface area contributed by atoms with Crippen molar-refractivity contribution in [3.05, 3.63) is 170 Å². The first kappa shape index (κ1) is 26.8. The molecule has 9 aromatic carbocycles. The minimum Gasteiger partial charge on any atom is -0.228 e. The summed E-state index contributed by atoms with van der Waals surface area (Å²) in [6, 6.07) is 60.9. The lowest BCUT2D eigenvalue weighted by Gasteiger charge is -2.16. The van der Waals surface area contributed by atoms with Crippen molar-refractivity contribution in [2.75, 3.05) is 0 Å². The van der Waals surface area contributed by atoms with Crippen LogP contribution in [0.3, 0.4) is 0 Å². The second kappa shape index (κ2) is 10.6. The van der Waals surface area contributed by atoms with Gasteiger partial charge >= 0.3 is 0 Å². The van der Waals surface area contributed by atoms with Gasteiger partial charge in [0.15, 0.2) is 5.82 Å². The number of rotatable bonds is 3. The highest BCUT2D eigenvalue weighted by atomic mass is 14.9. The molecule has 222 valence electrons. The third kappa shape index (κ3) is 4.13. The van der Waals surface area contributed by atoms with Crippen molar-refractivity contribution in [3.8, 4) is 33.9 Å². The van der Waals surface area contributed by atoms with Crippen LogP contribution in [0.5, 0.6) is 0 Å². The zero-order valence-corrected chi connectivity index (χ0v) is 26.1. The lowest BCUT2D eigenvalue weighted by Crippen LogP contribution is -1.98. The quantitative estimate of drug-likeness (QED) is 0.147. The van der Waals surface area contributed by atoms with E-state index in [1.807, 2.05) is 0 Å². The zero-order valence-electron chi connectivity index (χ0n) is 26.1. The van der Waals surface area contributed by atoms with E-state index < -0.39 is 0 Å². The molecule has 0 unspecified atom stereocenters. The van der Waals surface area contributed by atoms with Gasteiger partial charge in [-0.05, 0) is 82.8 Å². The molecule has 0 radical (unpaired) electrons. The molecule has 10 aromatic rings. The minimum atomic E-state index is 0.729. The van der Waals surface area contributed by atoms with E-state index in [1.165, 1.54) is 53.9 Å². The molecule has 2 heteroatoms. The molecule has 0 amide bonds. The average Bonchev–Trinajstić information content (AvgIpc) is 3.17. The van der Waals surface area contributed by atoms with Crippen molar-refractivity contribution in [1.29, 1.82) is 0 Å². The van der Waals surface area contributed by atoms with E-state index in [0.29, 0.717) is 0 Å². The summed E-state index contributed by atoms with van der Waals surface area (Å²) < 4.78 is 0. The molecule has 0 saturated carbocycles. The van der Waals surface area contributed by atoms with Crippen LogP contribution in [0.1, 0.15) is 0 Å². The van der Waals surface area contributed by atoms with Crippen LogP contribution >= 0.6 is 0 Å². The highest BCUT2D eigenvalue weighted by Crippen LogP contribution is 2.41. The number of benzene rings is 9. The monoisotopic (exact) mass is 608 g/mol. The maximum absolute atomic E-state index is 5.42. The normalized spacial score (nSPS) is 11.8. The first-order valence-electron chi connectivity index (χ1n) is 16.4. The first-order valence-corrected chi connectivity index (χ1v) is 16.4. The zero-order chi connectivity index (χ0) is 31.6. The van der Waals surface area contributed by atoms with Gasteiger partial charge in [0.2, 0.25) is 0 Å². The molecule has 0 spiro atoms. The highest BCUT2D eigenvalue weighted by molar-refractivity contribution is 6.26. The lowest BCUT2D eigenvalue weighted by molar-refractivity contribution is 1.19. The second-order valence-electron chi connectivity index (χ2n) is 12.5. The van der Waals surface area contributed by atoms with Crippen LogP contribution in [-0.2, 0) is 0 Å². The molecular weight excluding hydrogens is 581 g/mol. The van der Waals surface area contributed by atoms with Gasteiger partial charge in [-0.1, -0.05) is 152 Å². The van der Waals surface area contributed by atoms with E-state index in [0.717, 1.165) is 44.7 Å². The number of hydrogen-bond acceptors (Lipinski definition) is 2. The van der Waals surface area contributed by atoms with Gasteiger partial charge in [0.05, 0.1) is 11.4 Å². The topological polar surface area (TPSA) is 25.8 Å². The molecular formula is C46H28N2. The van der Waals surface area contributed by atoms with Crippen LogP contribution in [0.4, 0.5) is 0 Å². The summed E-state index contributed by atoms with van der Waals surface area (Å²) in [4.78, 5) is 10.7. The summed E-state index contributed by atoms with van der Waals surface area (Å²) in [5, 5.41) is 14.7. The fourth-order valence-electron chi connectivity index (χ4n) is 7.59. The van der Waals surface area contributed by atoms with E-state index in [1.54, 1.807) is 0 Å². The Morgan fingerprint density at radius 3 is 1.48 bits per heavy atom. The molecule has 0 aliphatic heterocycles. The predicted molar refractivity (Wildman–Crippen MR) is 203 cm³/mol. The molecule has 0 bridgehead atoms. The van der Waals surface area contributed by atoms with Gasteiger partial charge in [-0.15, -0.1) is 0 Å². The van der Waals surface area contributed by atoms with Gasteiger partial charge in [-0.25, -0.2) is 9.97 Å². The summed E-state index contributed by atoms with van der Waals surface area (Å²) in [5.74, 6) is 0.729. The molecule has 0 saturated heterocycles. The molecule has 1 heterocycles. The van der Waals surface area contributed by atoms with E-state index in [2.05, 4.69) is 170 Å². The Balaban J connectivity index is 1.30. The largest absolute Gasteiger partial charge is 0.228 e. The van der Waals surface area contributed by atoms with Crippen LogP contribution in [-0.4, -0.2) is 9.97 Å². The SMILES string of the molecule is c1ccc(-c2cc(-c3ccc4c5ccccc5c5ccccc5c4c3)nc(-c3c4ccccc4cc4c3ccc3ccccc34)n2)cc1. The molecule has 1 aromatic heterocycles. The second-order valence-corrected chi connectivity index (χ2v) is 12.5. The third-order valence-electron chi connectivity index (χ3n) is 9.83. The van der Waals surface area contributed by atoms with Gasteiger partial charge in [0.1, 0.15) is 0 Å². The average molecular weight is 609 g/mol. The van der Waals surface area contributed by atoms with E-state index in [-0.39, 0.29) is 0 Å². The molecule has 0 atom stereocenters. The number of hydrogen-bond donors (Lipinski definition) is 0. The highest BCUT2D eigenvalue weighted by Gasteiger charge is 2.18. The predicted octanol–water partition coefficient (Wildman–Crippen LogP) is 12.4. The van der Waals surface area contributed by atoms with E-state index in [4.69, 9.17) is 9.97 Å². The molecule has 10 rings (SSSR count). The molecule has 2 nitrogen and oxygen atoms in total. The Kier molecular flexibility index (Phi) is 5.91. The molecule has 48 heavy (non-hydrogen) atoms. The van der Waals surface area contributed by atoms with E-state index >= 15 is 0 Å². The van der Waals surface area contributed by atoms with Crippen LogP contribution < -0.4 is 0 Å². The van der Waals surface area contributed by atoms with Crippen molar-refractivity contribution < 1.29 is 0 Å². The van der Waals surface area contributed by atoms with Crippen LogP contribution in [0.25, 0.3) is 98.5 Å². The fraction of sp³-hybridized carbons (Fsp3) is 0. The van der Waals surface area contributed by atoms with E-state index in [9.17, 15) is 0 Å². The van der Waals surface area contributed by atoms with Crippen LogP contribution in [0.2, 0.25) is 0 Å². The Labute approximate surface area is 277 Å². The lowest BCUT2D eigenvalue weighted by atomic mass is 9.92. The summed E-state index contributed by atoms with van der Waals surface area (Å²) in [6.45, 7) is 0. The maximum atomic E-state index is 5.42. The summed E-state index contributed by atoms with van der Waals surface area (Å²) in [7, 11) is 0. The number of fused-ring (bicyclic) bond motifs is 10. The van der Waals surface area contributed by atoms with Gasteiger partial charge in [-0.3, -0.25) is 0 Å². The van der Waals surface area contributed by atoms with Crippen molar-refractivity contribution in [3.63, 3.8) is 0 Å². The van der Waals surface area contributed by atoms with Crippen molar-refractivity contribution in [2.24, 2.45) is 0 Å². The van der Waals surface area contributed by atoms with Crippen LogP contribution in [0.15, 0.2) is 170 Å². The Hall–Kier alpha value is -6.38. The van der Waals surface area contributed by atoms with Crippen molar-refractivity contribution in [2.45, 2.75) is 0 Å². The Bertz CT molecular complexity index is 2850. The van der Waals surface area contributed by atoms with Gasteiger partial charge in [0.25, 0.3) is 0 Å². The number of aromatic nitrogens is 2. The maximum Gasteiger partial charge on any atom is 0.161 e. The van der Waals surface area contributed by atoms with Gasteiger partial charge in [-0.2, -0.15) is 0 Å². The summed E-state index contributed by atoms with van der Waals surface area (Å²) in [5.41, 5.74) is 5.00. The summed E-state index contributed by atoms with van der Waals surface area (Å²) >= 11 is 0. The smallest absolute Gasteiger partial charge is 0.161 e. The molecule has 0 aliphatic rings. The first-order chi connectivity index (χ1) is 23.8. The summed E-state index contributed by atoms with van der Waals surface area (Å²) in [6.07, 6.45) is 0. The Morgan fingerprint density at radius 2 is 0.771 bits per heavy atom. The standard InChI is InChI=1S/C46H28N2/c1-2-13-30(14-3-1)43-28-44(32-23-24-39-37-20-9-8-18-35(37)36-19-10-11-21-38(36)42(39)27-32)48-46(47-43)45-34-17-7-5-15-31(34)26-41-33-16-6-4-12-29(33)22-25-40(41)45/h1-28H. The van der Waals surface area contributed by atoms with Crippen molar-refractivity contribution in [1.82, 2.24) is 9.97 Å². The molecule has 0 N–H and O–H groups in total. The van der Waals surface area contributed by atoms with Gasteiger partial charge in [0, 0.05) is 16.7 Å². The fourth-order valence-corrected chi connectivity index (χ4v) is 7.59. The third-order valence-corrected chi connectivity index (χ3v) is 9.83. The minimum absolute atomic E-state index is 0.729. The molecule has 0 fully saturated rings.